The molecule has 1 nitrogen and oxygen atoms in total. The van der Waals surface area contributed by atoms with Crippen molar-refractivity contribution in [2.75, 3.05) is 0 Å². The fourth-order valence-corrected chi connectivity index (χ4v) is 3.95. The summed E-state index contributed by atoms with van der Waals surface area (Å²) in [7, 11) is 0. The van der Waals surface area contributed by atoms with Crippen molar-refractivity contribution < 1.29 is 4.39 Å². The Morgan fingerprint density at radius 3 is 2.61 bits per heavy atom. The third-order valence-electron chi connectivity index (χ3n) is 4.09. The minimum Gasteiger partial charge on any atom is -0.358 e. The monoisotopic (exact) mass is 245 g/mol. The van der Waals surface area contributed by atoms with Crippen LogP contribution >= 0.6 is 0 Å². The number of aromatic nitrogens is 1. The van der Waals surface area contributed by atoms with Gasteiger partial charge in [-0.05, 0) is 47.4 Å². The van der Waals surface area contributed by atoms with E-state index in [0.29, 0.717) is 5.41 Å². The molecule has 0 saturated carbocycles. The van der Waals surface area contributed by atoms with E-state index in [9.17, 15) is 4.39 Å². The molecule has 0 unspecified atom stereocenters. The lowest BCUT2D eigenvalue weighted by Gasteiger charge is -2.40. The van der Waals surface area contributed by atoms with Gasteiger partial charge in [0.2, 0.25) is 0 Å². The molecule has 1 aromatic carbocycles. The van der Waals surface area contributed by atoms with Crippen LogP contribution in [0.5, 0.6) is 0 Å². The van der Waals surface area contributed by atoms with Crippen LogP contribution in [-0.4, -0.2) is 4.98 Å². The van der Waals surface area contributed by atoms with Gasteiger partial charge in [0.05, 0.1) is 0 Å². The van der Waals surface area contributed by atoms with Gasteiger partial charge >= 0.3 is 0 Å². The maximum atomic E-state index is 13.5. The molecule has 2 aromatic rings. The van der Waals surface area contributed by atoms with Gasteiger partial charge < -0.3 is 4.98 Å². The average Bonchev–Trinajstić information content (AvgIpc) is 2.51. The lowest BCUT2D eigenvalue weighted by molar-refractivity contribution is 0.231. The number of hydrogen-bond acceptors (Lipinski definition) is 0. The highest BCUT2D eigenvalue weighted by atomic mass is 19.1. The van der Waals surface area contributed by atoms with Gasteiger partial charge in [-0.1, -0.05) is 27.7 Å². The molecule has 0 fully saturated rings. The molecule has 18 heavy (non-hydrogen) atoms. The van der Waals surface area contributed by atoms with Crippen LogP contribution in [0, 0.1) is 11.2 Å². The fourth-order valence-electron chi connectivity index (χ4n) is 3.95. The molecule has 0 amide bonds. The zero-order chi connectivity index (χ0) is 13.1. The maximum absolute atomic E-state index is 13.5. The first-order valence-corrected chi connectivity index (χ1v) is 6.59. The van der Waals surface area contributed by atoms with Crippen molar-refractivity contribution in [2.45, 2.75) is 46.0 Å². The number of benzene rings is 1. The third-order valence-corrected chi connectivity index (χ3v) is 4.09. The van der Waals surface area contributed by atoms with E-state index in [1.807, 2.05) is 6.07 Å². The minimum atomic E-state index is -0.148. The van der Waals surface area contributed by atoms with Gasteiger partial charge in [0.25, 0.3) is 0 Å². The SMILES string of the molecule is CC1(C)Cc2[nH]c3ccc(F)cc3c2C(C)(C)C1. The van der Waals surface area contributed by atoms with E-state index < -0.39 is 0 Å². The van der Waals surface area contributed by atoms with E-state index in [1.165, 1.54) is 17.3 Å². The second-order valence-electron chi connectivity index (χ2n) is 7.07. The number of H-pyrrole nitrogens is 1. The van der Waals surface area contributed by atoms with Crippen LogP contribution in [0.4, 0.5) is 4.39 Å². The highest BCUT2D eigenvalue weighted by Crippen LogP contribution is 2.48. The molecule has 1 aliphatic carbocycles. The predicted molar refractivity (Wildman–Crippen MR) is 73.4 cm³/mol. The van der Waals surface area contributed by atoms with Gasteiger partial charge in [0.1, 0.15) is 5.82 Å². The second-order valence-corrected chi connectivity index (χ2v) is 7.07. The molecule has 0 spiro atoms. The first-order chi connectivity index (χ1) is 8.28. The first-order valence-electron chi connectivity index (χ1n) is 6.59. The van der Waals surface area contributed by atoms with E-state index >= 15 is 0 Å². The van der Waals surface area contributed by atoms with E-state index in [2.05, 4.69) is 32.7 Å². The predicted octanol–water partition coefficient (Wildman–Crippen LogP) is 4.56. The van der Waals surface area contributed by atoms with Crippen LogP contribution in [0.2, 0.25) is 0 Å². The Morgan fingerprint density at radius 1 is 1.17 bits per heavy atom. The number of hydrogen-bond donors (Lipinski definition) is 1. The van der Waals surface area contributed by atoms with E-state index in [1.54, 1.807) is 6.07 Å². The molecular formula is C16H20FN. The summed E-state index contributed by atoms with van der Waals surface area (Å²) in [5.74, 6) is -0.148. The summed E-state index contributed by atoms with van der Waals surface area (Å²) >= 11 is 0. The largest absolute Gasteiger partial charge is 0.358 e. The fraction of sp³-hybridized carbons (Fsp3) is 0.500. The van der Waals surface area contributed by atoms with E-state index in [4.69, 9.17) is 0 Å². The molecule has 0 aliphatic heterocycles. The Kier molecular flexibility index (Phi) is 2.20. The Balaban J connectivity index is 2.32. The van der Waals surface area contributed by atoms with Crippen LogP contribution in [0.25, 0.3) is 10.9 Å². The maximum Gasteiger partial charge on any atom is 0.123 e. The van der Waals surface area contributed by atoms with Crippen LogP contribution in [0.15, 0.2) is 18.2 Å². The number of rotatable bonds is 0. The van der Waals surface area contributed by atoms with Crippen molar-refractivity contribution in [3.63, 3.8) is 0 Å². The number of aromatic amines is 1. The zero-order valence-corrected chi connectivity index (χ0v) is 11.5. The Morgan fingerprint density at radius 2 is 1.89 bits per heavy atom. The van der Waals surface area contributed by atoms with E-state index in [0.717, 1.165) is 23.7 Å². The Bertz CT molecular complexity index is 619. The van der Waals surface area contributed by atoms with Crippen molar-refractivity contribution in [3.05, 3.63) is 35.3 Å². The van der Waals surface area contributed by atoms with Crippen LogP contribution < -0.4 is 0 Å². The molecule has 1 N–H and O–H groups in total. The van der Waals surface area contributed by atoms with Gasteiger partial charge in [-0.25, -0.2) is 4.39 Å². The molecule has 1 aliphatic rings. The number of nitrogens with one attached hydrogen (secondary N) is 1. The molecule has 0 radical (unpaired) electrons. The molecule has 96 valence electrons. The van der Waals surface area contributed by atoms with Gasteiger partial charge in [-0.15, -0.1) is 0 Å². The van der Waals surface area contributed by atoms with E-state index in [-0.39, 0.29) is 11.2 Å². The summed E-state index contributed by atoms with van der Waals surface area (Å²) in [4.78, 5) is 3.49. The van der Waals surface area contributed by atoms with Crippen LogP contribution in [-0.2, 0) is 11.8 Å². The van der Waals surface area contributed by atoms with Crippen molar-refractivity contribution in [1.82, 2.24) is 4.98 Å². The molecule has 0 atom stereocenters. The van der Waals surface area contributed by atoms with Crippen molar-refractivity contribution in [3.8, 4) is 0 Å². The number of fused-ring (bicyclic) bond motifs is 3. The molecule has 0 bridgehead atoms. The smallest absolute Gasteiger partial charge is 0.123 e. The molecular weight excluding hydrogens is 225 g/mol. The van der Waals surface area contributed by atoms with Crippen LogP contribution in [0.3, 0.4) is 0 Å². The molecule has 0 saturated heterocycles. The minimum absolute atomic E-state index is 0.100. The summed E-state index contributed by atoms with van der Waals surface area (Å²) in [5, 5.41) is 1.06. The van der Waals surface area contributed by atoms with Gasteiger partial charge in [0.15, 0.2) is 0 Å². The molecule has 3 rings (SSSR count). The highest BCUT2D eigenvalue weighted by molar-refractivity contribution is 5.86. The van der Waals surface area contributed by atoms with Gasteiger partial charge in [-0.3, -0.25) is 0 Å². The lowest BCUT2D eigenvalue weighted by Crippen LogP contribution is -2.34. The van der Waals surface area contributed by atoms with Crippen molar-refractivity contribution >= 4 is 10.9 Å². The standard InChI is InChI=1S/C16H20FN/c1-15(2)8-13-14(16(3,4)9-15)11-7-10(17)5-6-12(11)18-13/h5-7,18H,8-9H2,1-4H3. The summed E-state index contributed by atoms with van der Waals surface area (Å²) < 4.78 is 13.5. The second kappa shape index (κ2) is 3.37. The average molecular weight is 245 g/mol. The van der Waals surface area contributed by atoms with Crippen molar-refractivity contribution in [1.29, 1.82) is 0 Å². The van der Waals surface area contributed by atoms with Gasteiger partial charge in [0, 0.05) is 16.6 Å². The molecule has 1 aromatic heterocycles. The third kappa shape index (κ3) is 1.66. The summed E-state index contributed by atoms with van der Waals surface area (Å²) in [6.45, 7) is 9.16. The molecule has 1 heterocycles. The molecule has 2 heteroatoms. The van der Waals surface area contributed by atoms with Gasteiger partial charge in [-0.2, -0.15) is 0 Å². The highest BCUT2D eigenvalue weighted by Gasteiger charge is 2.39. The topological polar surface area (TPSA) is 15.8 Å². The normalized spacial score (nSPS) is 20.9. The zero-order valence-electron chi connectivity index (χ0n) is 11.5. The summed E-state index contributed by atoms with van der Waals surface area (Å²) in [6, 6.07) is 5.05. The quantitative estimate of drug-likeness (QED) is 0.700. The summed E-state index contributed by atoms with van der Waals surface area (Å²) in [5.41, 5.74) is 4.07. The number of halogens is 1. The Labute approximate surface area is 107 Å². The van der Waals surface area contributed by atoms with Crippen molar-refractivity contribution in [2.24, 2.45) is 5.41 Å². The lowest BCUT2D eigenvalue weighted by atomic mass is 9.64. The van der Waals surface area contributed by atoms with Crippen LogP contribution in [0.1, 0.15) is 45.4 Å². The first kappa shape index (κ1) is 11.8. The Hall–Kier alpha value is -1.31. The summed E-state index contributed by atoms with van der Waals surface area (Å²) in [6.07, 6.45) is 2.18.